The second kappa shape index (κ2) is 9.38. The number of halogens is 1. The Morgan fingerprint density at radius 3 is 2.70 bits per heavy atom. The van der Waals surface area contributed by atoms with E-state index in [4.69, 9.17) is 0 Å². The molecule has 1 aliphatic heterocycles. The number of amides is 1. The number of nitrogens with one attached hydrogen (secondary N) is 1. The number of fused-ring (bicyclic) bond motifs is 1. The van der Waals surface area contributed by atoms with Crippen molar-refractivity contribution in [1.82, 2.24) is 10.2 Å². The van der Waals surface area contributed by atoms with E-state index in [-0.39, 0.29) is 23.8 Å². The van der Waals surface area contributed by atoms with Gasteiger partial charge in [0, 0.05) is 23.1 Å². The molecule has 3 rings (SSSR count). The van der Waals surface area contributed by atoms with Crippen LogP contribution in [0.25, 0.3) is 0 Å². The summed E-state index contributed by atoms with van der Waals surface area (Å²) in [6.07, 6.45) is 3.05. The zero-order chi connectivity index (χ0) is 19.2. The summed E-state index contributed by atoms with van der Waals surface area (Å²) in [5.74, 6) is 0.922. The van der Waals surface area contributed by atoms with E-state index < -0.39 is 0 Å². The van der Waals surface area contributed by atoms with Crippen molar-refractivity contribution in [3.05, 3.63) is 65.5 Å². The van der Waals surface area contributed by atoms with Crippen molar-refractivity contribution < 1.29 is 9.18 Å². The Morgan fingerprint density at radius 1 is 1.22 bits per heavy atom. The molecule has 0 fully saturated rings. The van der Waals surface area contributed by atoms with Gasteiger partial charge in [-0.2, -0.15) is 0 Å². The molecule has 0 aromatic heterocycles. The fraction of sp³-hybridized carbons (Fsp3) is 0.409. The first-order valence-corrected chi connectivity index (χ1v) is 10.4. The summed E-state index contributed by atoms with van der Waals surface area (Å²) >= 11 is 1.86. The predicted molar refractivity (Wildman–Crippen MR) is 109 cm³/mol. The van der Waals surface area contributed by atoms with Crippen molar-refractivity contribution in [2.24, 2.45) is 0 Å². The average Bonchev–Trinajstić information content (AvgIpc) is 2.66. The highest BCUT2D eigenvalue weighted by molar-refractivity contribution is 7.99. The minimum Gasteiger partial charge on any atom is -0.349 e. The van der Waals surface area contributed by atoms with E-state index in [1.165, 1.54) is 22.6 Å². The van der Waals surface area contributed by atoms with Crippen LogP contribution in [0.15, 0.2) is 53.4 Å². The van der Waals surface area contributed by atoms with Crippen molar-refractivity contribution in [3.8, 4) is 0 Å². The van der Waals surface area contributed by atoms with Crippen LogP contribution in [0.4, 0.5) is 4.39 Å². The zero-order valence-electron chi connectivity index (χ0n) is 16.0. The maximum absolute atomic E-state index is 13.1. The van der Waals surface area contributed by atoms with Gasteiger partial charge in [0.1, 0.15) is 5.82 Å². The molecule has 0 radical (unpaired) electrons. The second-order valence-corrected chi connectivity index (χ2v) is 8.42. The van der Waals surface area contributed by atoms with Gasteiger partial charge in [0.15, 0.2) is 0 Å². The van der Waals surface area contributed by atoms with Gasteiger partial charge in [-0.05, 0) is 62.7 Å². The summed E-state index contributed by atoms with van der Waals surface area (Å²) < 4.78 is 13.1. The van der Waals surface area contributed by atoms with Crippen LogP contribution in [-0.2, 0) is 11.2 Å². The number of rotatable bonds is 7. The van der Waals surface area contributed by atoms with Crippen LogP contribution < -0.4 is 5.32 Å². The molecule has 1 N–H and O–H groups in total. The van der Waals surface area contributed by atoms with Crippen molar-refractivity contribution in [2.75, 3.05) is 19.8 Å². The molecule has 2 aromatic carbocycles. The van der Waals surface area contributed by atoms with E-state index in [1.807, 2.05) is 50.1 Å². The highest BCUT2D eigenvalue weighted by Crippen LogP contribution is 2.35. The molecule has 1 heterocycles. The molecule has 2 aromatic rings. The molecule has 1 amide bonds. The van der Waals surface area contributed by atoms with Crippen molar-refractivity contribution >= 4 is 17.7 Å². The molecule has 1 unspecified atom stereocenters. The third-order valence-electron chi connectivity index (χ3n) is 5.11. The number of likely N-dealkylation sites (N-methyl/N-ethyl adjacent to an activating group) is 1. The molecule has 144 valence electrons. The van der Waals surface area contributed by atoms with Gasteiger partial charge >= 0.3 is 0 Å². The summed E-state index contributed by atoms with van der Waals surface area (Å²) in [4.78, 5) is 16.0. The van der Waals surface area contributed by atoms with Gasteiger partial charge in [-0.25, -0.2) is 4.39 Å². The topological polar surface area (TPSA) is 32.3 Å². The molecule has 2 atom stereocenters. The molecule has 3 nitrogen and oxygen atoms in total. The summed E-state index contributed by atoms with van der Waals surface area (Å²) in [6, 6.07) is 15.3. The Morgan fingerprint density at radius 2 is 1.96 bits per heavy atom. The van der Waals surface area contributed by atoms with Gasteiger partial charge in [0.05, 0.1) is 6.04 Å². The van der Waals surface area contributed by atoms with E-state index in [1.54, 1.807) is 0 Å². The van der Waals surface area contributed by atoms with Crippen molar-refractivity contribution in [2.45, 2.75) is 42.7 Å². The third kappa shape index (κ3) is 5.56. The molecular weight excluding hydrogens is 359 g/mol. The van der Waals surface area contributed by atoms with Gasteiger partial charge in [0.25, 0.3) is 0 Å². The lowest BCUT2D eigenvalue weighted by molar-refractivity contribution is -0.122. The first-order chi connectivity index (χ1) is 13.0. The van der Waals surface area contributed by atoms with Crippen LogP contribution in [-0.4, -0.2) is 36.7 Å². The molecule has 0 bridgehead atoms. The normalized spacial score (nSPS) is 17.4. The van der Waals surface area contributed by atoms with Gasteiger partial charge in [-0.1, -0.05) is 30.3 Å². The Balaban J connectivity index is 1.55. The van der Waals surface area contributed by atoms with Gasteiger partial charge in [-0.15, -0.1) is 11.8 Å². The molecule has 0 saturated heterocycles. The Bertz CT molecular complexity index is 763. The number of carbonyl (C=O) groups excluding carboxylic acids is 1. The van der Waals surface area contributed by atoms with Crippen LogP contribution in [0.1, 0.15) is 36.4 Å². The summed E-state index contributed by atoms with van der Waals surface area (Å²) in [5, 5.41) is 3.22. The lowest BCUT2D eigenvalue weighted by Gasteiger charge is -2.27. The Kier molecular flexibility index (Phi) is 6.91. The first kappa shape index (κ1) is 19.9. The number of hydrogen-bond acceptors (Lipinski definition) is 3. The minimum atomic E-state index is -0.217. The van der Waals surface area contributed by atoms with Gasteiger partial charge < -0.3 is 10.2 Å². The largest absolute Gasteiger partial charge is 0.349 e. The minimum absolute atomic E-state index is 0.104. The van der Waals surface area contributed by atoms with Crippen LogP contribution in [0, 0.1) is 5.82 Å². The van der Waals surface area contributed by atoms with Gasteiger partial charge in [-0.3, -0.25) is 4.79 Å². The lowest BCUT2D eigenvalue weighted by atomic mass is 10.00. The van der Waals surface area contributed by atoms with E-state index >= 15 is 0 Å². The quantitative estimate of drug-likeness (QED) is 0.764. The molecule has 27 heavy (non-hydrogen) atoms. The smallest absolute Gasteiger partial charge is 0.220 e. The SMILES string of the molecule is CN(C)[C@H](CCC(=O)NC1CCSc2ccccc21)Cc1ccc(F)cc1. The maximum Gasteiger partial charge on any atom is 0.220 e. The first-order valence-electron chi connectivity index (χ1n) is 9.45. The summed E-state index contributed by atoms with van der Waals surface area (Å²) in [5.41, 5.74) is 2.33. The van der Waals surface area contributed by atoms with Crippen LogP contribution >= 0.6 is 11.8 Å². The predicted octanol–water partition coefficient (Wildman–Crippen LogP) is 4.43. The monoisotopic (exact) mass is 386 g/mol. The number of benzene rings is 2. The van der Waals surface area contributed by atoms with Crippen LogP contribution in [0.3, 0.4) is 0 Å². The molecule has 0 aliphatic carbocycles. The molecule has 5 heteroatoms. The molecule has 1 aliphatic rings. The van der Waals surface area contributed by atoms with Gasteiger partial charge in [0.2, 0.25) is 5.91 Å². The third-order valence-corrected chi connectivity index (χ3v) is 6.24. The Labute approximate surface area is 165 Å². The second-order valence-electron chi connectivity index (χ2n) is 7.28. The number of nitrogens with zero attached hydrogens (tertiary/aromatic N) is 1. The highest BCUT2D eigenvalue weighted by atomic mass is 32.2. The number of carbonyl (C=O) groups is 1. The zero-order valence-corrected chi connectivity index (χ0v) is 16.8. The number of hydrogen-bond donors (Lipinski definition) is 1. The molecule has 0 saturated carbocycles. The fourth-order valence-electron chi connectivity index (χ4n) is 3.49. The highest BCUT2D eigenvalue weighted by Gasteiger charge is 2.22. The van der Waals surface area contributed by atoms with E-state index in [0.717, 1.165) is 30.6 Å². The van der Waals surface area contributed by atoms with E-state index in [9.17, 15) is 9.18 Å². The number of thioether (sulfide) groups is 1. The molecular formula is C22H27FN2OS. The van der Waals surface area contributed by atoms with Crippen molar-refractivity contribution in [1.29, 1.82) is 0 Å². The average molecular weight is 387 g/mol. The standard InChI is InChI=1S/C22H27FN2OS/c1-25(2)18(15-16-7-9-17(23)10-8-16)11-12-22(26)24-20-13-14-27-21-6-4-3-5-19(20)21/h3-10,18,20H,11-15H2,1-2H3,(H,24,26)/t18-,20?/m1/s1. The van der Waals surface area contributed by atoms with Crippen molar-refractivity contribution in [3.63, 3.8) is 0 Å². The summed E-state index contributed by atoms with van der Waals surface area (Å²) in [6.45, 7) is 0. The summed E-state index contributed by atoms with van der Waals surface area (Å²) in [7, 11) is 4.06. The van der Waals surface area contributed by atoms with Crippen LogP contribution in [0.5, 0.6) is 0 Å². The fourth-order valence-corrected chi connectivity index (χ4v) is 4.62. The lowest BCUT2D eigenvalue weighted by Crippen LogP contribution is -2.34. The van der Waals surface area contributed by atoms with E-state index in [2.05, 4.69) is 22.3 Å². The molecule has 0 spiro atoms. The van der Waals surface area contributed by atoms with Crippen LogP contribution in [0.2, 0.25) is 0 Å². The Hall–Kier alpha value is -1.85. The van der Waals surface area contributed by atoms with E-state index in [0.29, 0.717) is 6.42 Å². The maximum atomic E-state index is 13.1.